The van der Waals surface area contributed by atoms with Crippen LogP contribution in [0.4, 0.5) is 4.39 Å². The van der Waals surface area contributed by atoms with Crippen LogP contribution in [0.2, 0.25) is 0 Å². The number of fused-ring (bicyclic) bond motifs is 1. The molecule has 0 aliphatic carbocycles. The summed E-state index contributed by atoms with van der Waals surface area (Å²) in [7, 11) is 1.57. The van der Waals surface area contributed by atoms with E-state index < -0.39 is 6.23 Å². The van der Waals surface area contributed by atoms with Gasteiger partial charge in [0.25, 0.3) is 5.91 Å². The van der Waals surface area contributed by atoms with Gasteiger partial charge in [-0.25, -0.2) is 4.39 Å². The Labute approximate surface area is 192 Å². The van der Waals surface area contributed by atoms with E-state index in [1.165, 1.54) is 17.7 Å². The van der Waals surface area contributed by atoms with Crippen molar-refractivity contribution in [3.63, 3.8) is 0 Å². The SMILES string of the molecule is COc1cccc2c1OC(c1cccc(CN3CC=C(c4ccc(F)cc4)CC3)c1)NC2=O. The Bertz CT molecular complexity index is 1210. The maximum absolute atomic E-state index is 13.2. The smallest absolute Gasteiger partial charge is 0.258 e. The van der Waals surface area contributed by atoms with Crippen molar-refractivity contribution in [1.82, 2.24) is 10.2 Å². The highest BCUT2D eigenvalue weighted by Crippen LogP contribution is 2.37. The molecule has 0 saturated heterocycles. The van der Waals surface area contributed by atoms with E-state index in [1.54, 1.807) is 25.3 Å². The van der Waals surface area contributed by atoms with Crippen LogP contribution in [0, 0.1) is 5.82 Å². The van der Waals surface area contributed by atoms with Gasteiger partial charge in [-0.05, 0) is 53.5 Å². The molecule has 6 heteroatoms. The van der Waals surface area contributed by atoms with Crippen molar-refractivity contribution in [2.75, 3.05) is 20.2 Å². The van der Waals surface area contributed by atoms with Crippen LogP contribution in [0.15, 0.2) is 72.8 Å². The van der Waals surface area contributed by atoms with Crippen molar-refractivity contribution in [3.8, 4) is 11.5 Å². The average Bonchev–Trinajstić information content (AvgIpc) is 2.85. The molecule has 0 bridgehead atoms. The van der Waals surface area contributed by atoms with Gasteiger partial charge in [0, 0.05) is 25.2 Å². The predicted octanol–water partition coefficient (Wildman–Crippen LogP) is 4.94. The fourth-order valence-electron chi connectivity index (χ4n) is 4.37. The van der Waals surface area contributed by atoms with Crippen molar-refractivity contribution < 1.29 is 18.7 Å². The van der Waals surface area contributed by atoms with Gasteiger partial charge in [-0.3, -0.25) is 9.69 Å². The number of rotatable bonds is 5. The largest absolute Gasteiger partial charge is 0.493 e. The zero-order valence-corrected chi connectivity index (χ0v) is 18.4. The van der Waals surface area contributed by atoms with Crippen LogP contribution in [-0.4, -0.2) is 31.0 Å². The molecule has 1 amide bonds. The van der Waals surface area contributed by atoms with Crippen molar-refractivity contribution >= 4 is 11.5 Å². The van der Waals surface area contributed by atoms with Crippen LogP contribution in [0.5, 0.6) is 11.5 Å². The van der Waals surface area contributed by atoms with Gasteiger partial charge >= 0.3 is 0 Å². The normalized spacial score (nSPS) is 18.1. The summed E-state index contributed by atoms with van der Waals surface area (Å²) in [6.45, 7) is 2.55. The van der Waals surface area contributed by atoms with E-state index in [4.69, 9.17) is 9.47 Å². The molecular formula is C27H25FN2O3. The van der Waals surface area contributed by atoms with E-state index in [9.17, 15) is 9.18 Å². The quantitative estimate of drug-likeness (QED) is 0.605. The summed E-state index contributed by atoms with van der Waals surface area (Å²) >= 11 is 0. The molecule has 0 saturated carbocycles. The summed E-state index contributed by atoms with van der Waals surface area (Å²) < 4.78 is 24.7. The molecule has 2 aliphatic rings. The van der Waals surface area contributed by atoms with Crippen LogP contribution in [0.3, 0.4) is 0 Å². The van der Waals surface area contributed by atoms with Crippen LogP contribution in [0.1, 0.15) is 39.7 Å². The maximum atomic E-state index is 13.2. The van der Waals surface area contributed by atoms with Gasteiger partial charge < -0.3 is 14.8 Å². The number of hydrogen-bond acceptors (Lipinski definition) is 4. The molecule has 5 nitrogen and oxygen atoms in total. The number of carbonyl (C=O) groups is 1. The third kappa shape index (κ3) is 4.47. The molecule has 0 radical (unpaired) electrons. The minimum atomic E-state index is -0.576. The molecule has 2 heterocycles. The second-order valence-electron chi connectivity index (χ2n) is 8.27. The van der Waals surface area contributed by atoms with E-state index >= 15 is 0 Å². The lowest BCUT2D eigenvalue weighted by Crippen LogP contribution is -2.37. The van der Waals surface area contributed by atoms with Crippen LogP contribution in [0.25, 0.3) is 5.57 Å². The van der Waals surface area contributed by atoms with Gasteiger partial charge in [0.15, 0.2) is 17.7 Å². The highest BCUT2D eigenvalue weighted by molar-refractivity contribution is 5.98. The molecule has 33 heavy (non-hydrogen) atoms. The number of benzene rings is 3. The monoisotopic (exact) mass is 444 g/mol. The summed E-state index contributed by atoms with van der Waals surface area (Å²) in [6.07, 6.45) is 2.56. The Hall–Kier alpha value is -3.64. The molecule has 5 rings (SSSR count). The van der Waals surface area contributed by atoms with Crippen molar-refractivity contribution in [2.24, 2.45) is 0 Å². The van der Waals surface area contributed by atoms with E-state index in [2.05, 4.69) is 28.4 Å². The van der Waals surface area contributed by atoms with Gasteiger partial charge in [-0.2, -0.15) is 0 Å². The lowest BCUT2D eigenvalue weighted by Gasteiger charge is -2.29. The fourth-order valence-corrected chi connectivity index (χ4v) is 4.37. The lowest BCUT2D eigenvalue weighted by atomic mass is 9.99. The molecule has 2 aliphatic heterocycles. The first-order valence-corrected chi connectivity index (χ1v) is 11.0. The highest BCUT2D eigenvalue weighted by Gasteiger charge is 2.29. The number of para-hydroxylation sites is 1. The van der Waals surface area contributed by atoms with E-state index in [-0.39, 0.29) is 11.7 Å². The number of halogens is 1. The number of nitrogens with zero attached hydrogens (tertiary/aromatic N) is 1. The topological polar surface area (TPSA) is 50.8 Å². The first kappa shape index (κ1) is 21.2. The molecule has 168 valence electrons. The summed E-state index contributed by atoms with van der Waals surface area (Å²) in [5.74, 6) is 0.617. The van der Waals surface area contributed by atoms with Crippen molar-refractivity contribution in [1.29, 1.82) is 0 Å². The summed E-state index contributed by atoms with van der Waals surface area (Å²) in [5.41, 5.74) is 4.84. The van der Waals surface area contributed by atoms with Crippen LogP contribution < -0.4 is 14.8 Å². The van der Waals surface area contributed by atoms with E-state index in [0.717, 1.165) is 42.7 Å². The molecular weight excluding hydrogens is 419 g/mol. The standard InChI is InChI=1S/C27H25FN2O3/c1-32-24-7-3-6-23-25(24)33-27(29-26(23)31)21-5-2-4-18(16-21)17-30-14-12-20(13-15-30)19-8-10-22(28)11-9-19/h2-12,16,27H,13-15,17H2,1H3,(H,29,31). The Balaban J connectivity index is 1.28. The molecule has 3 aromatic rings. The van der Waals surface area contributed by atoms with E-state index in [1.807, 2.05) is 24.3 Å². The van der Waals surface area contributed by atoms with Crippen LogP contribution in [-0.2, 0) is 6.54 Å². The number of nitrogens with one attached hydrogen (secondary N) is 1. The Morgan fingerprint density at radius 1 is 1.12 bits per heavy atom. The number of amides is 1. The predicted molar refractivity (Wildman–Crippen MR) is 125 cm³/mol. The average molecular weight is 445 g/mol. The third-order valence-electron chi connectivity index (χ3n) is 6.11. The number of hydrogen-bond donors (Lipinski definition) is 1. The summed E-state index contributed by atoms with van der Waals surface area (Å²) in [4.78, 5) is 15.0. The molecule has 1 atom stereocenters. The zero-order valence-electron chi connectivity index (χ0n) is 18.4. The minimum absolute atomic E-state index is 0.181. The van der Waals surface area contributed by atoms with Gasteiger partial charge in [-0.1, -0.05) is 42.5 Å². The second kappa shape index (κ2) is 9.08. The molecule has 1 unspecified atom stereocenters. The van der Waals surface area contributed by atoms with Crippen molar-refractivity contribution in [2.45, 2.75) is 19.2 Å². The minimum Gasteiger partial charge on any atom is -0.493 e. The van der Waals surface area contributed by atoms with E-state index in [0.29, 0.717) is 17.1 Å². The van der Waals surface area contributed by atoms with Crippen LogP contribution >= 0.6 is 0 Å². The van der Waals surface area contributed by atoms with Gasteiger partial charge in [0.05, 0.1) is 12.7 Å². The first-order chi connectivity index (χ1) is 16.1. The lowest BCUT2D eigenvalue weighted by molar-refractivity contribution is 0.0746. The summed E-state index contributed by atoms with van der Waals surface area (Å²) in [5, 5.41) is 2.93. The highest BCUT2D eigenvalue weighted by atomic mass is 19.1. The first-order valence-electron chi connectivity index (χ1n) is 11.0. The molecule has 1 N–H and O–H groups in total. The second-order valence-corrected chi connectivity index (χ2v) is 8.27. The number of ether oxygens (including phenoxy) is 2. The van der Waals surface area contributed by atoms with Gasteiger partial charge in [0.1, 0.15) is 5.82 Å². The third-order valence-corrected chi connectivity index (χ3v) is 6.11. The fraction of sp³-hybridized carbons (Fsp3) is 0.222. The Morgan fingerprint density at radius 3 is 2.70 bits per heavy atom. The van der Waals surface area contributed by atoms with Gasteiger partial charge in [0.2, 0.25) is 0 Å². The summed E-state index contributed by atoms with van der Waals surface area (Å²) in [6, 6.07) is 20.1. The Morgan fingerprint density at radius 2 is 1.94 bits per heavy atom. The molecule has 0 aromatic heterocycles. The zero-order chi connectivity index (χ0) is 22.8. The Kier molecular flexibility index (Phi) is 5.84. The molecule has 0 spiro atoms. The van der Waals surface area contributed by atoms with Crippen molar-refractivity contribution in [3.05, 3.63) is 101 Å². The van der Waals surface area contributed by atoms with Gasteiger partial charge in [-0.15, -0.1) is 0 Å². The number of methoxy groups -OCH3 is 1. The molecule has 3 aromatic carbocycles. The molecule has 0 fully saturated rings. The maximum Gasteiger partial charge on any atom is 0.258 e. The number of carbonyl (C=O) groups excluding carboxylic acids is 1.